The zero-order valence-electron chi connectivity index (χ0n) is 13.6. The van der Waals surface area contributed by atoms with Gasteiger partial charge in [0, 0.05) is 12.1 Å². The summed E-state index contributed by atoms with van der Waals surface area (Å²) in [5.74, 6) is 1.000. The molecule has 3 N–H and O–H groups in total. The predicted octanol–water partition coefficient (Wildman–Crippen LogP) is 2.13. The van der Waals surface area contributed by atoms with Crippen LogP contribution in [0.15, 0.2) is 18.3 Å². The third kappa shape index (κ3) is 4.83. The minimum absolute atomic E-state index is 0.0871. The van der Waals surface area contributed by atoms with E-state index < -0.39 is 9.84 Å². The number of sulfone groups is 1. The highest BCUT2D eigenvalue weighted by molar-refractivity contribution is 7.91. The molecule has 1 aliphatic heterocycles. The highest BCUT2D eigenvalue weighted by atomic mass is 32.2. The molecule has 1 saturated carbocycles. The minimum Gasteiger partial charge on any atom is -0.366 e. The van der Waals surface area contributed by atoms with Gasteiger partial charge >= 0.3 is 6.03 Å². The van der Waals surface area contributed by atoms with Crippen molar-refractivity contribution in [3.8, 4) is 0 Å². The first-order valence-corrected chi connectivity index (χ1v) is 10.3. The van der Waals surface area contributed by atoms with Crippen LogP contribution in [0, 0.1) is 0 Å². The monoisotopic (exact) mass is 352 g/mol. The number of amides is 2. The Morgan fingerprint density at radius 3 is 2.50 bits per heavy atom. The Balaban J connectivity index is 1.48. The lowest BCUT2D eigenvalue weighted by Crippen LogP contribution is -2.39. The Hall–Kier alpha value is -1.83. The van der Waals surface area contributed by atoms with Crippen LogP contribution in [0.5, 0.6) is 0 Å². The molecule has 24 heavy (non-hydrogen) atoms. The van der Waals surface area contributed by atoms with Crippen molar-refractivity contribution in [2.75, 3.05) is 22.1 Å². The molecule has 3 rings (SSSR count). The zero-order valence-corrected chi connectivity index (χ0v) is 14.4. The van der Waals surface area contributed by atoms with E-state index in [4.69, 9.17) is 0 Å². The van der Waals surface area contributed by atoms with E-state index in [9.17, 15) is 13.2 Å². The molecule has 2 aliphatic rings. The molecular weight excluding hydrogens is 328 g/mol. The van der Waals surface area contributed by atoms with E-state index >= 15 is 0 Å². The zero-order chi connectivity index (χ0) is 17.0. The first-order chi connectivity index (χ1) is 11.5. The number of aromatic nitrogens is 1. The van der Waals surface area contributed by atoms with Crippen LogP contribution in [-0.2, 0) is 9.84 Å². The third-order valence-electron chi connectivity index (χ3n) is 4.55. The van der Waals surface area contributed by atoms with E-state index in [0.717, 1.165) is 12.8 Å². The summed E-state index contributed by atoms with van der Waals surface area (Å²) in [7, 11) is -2.91. The quantitative estimate of drug-likeness (QED) is 0.771. The molecule has 1 aliphatic carbocycles. The number of rotatable bonds is 4. The van der Waals surface area contributed by atoms with Gasteiger partial charge in [0.05, 0.1) is 23.4 Å². The molecule has 132 valence electrons. The Morgan fingerprint density at radius 1 is 1.08 bits per heavy atom. The molecule has 1 unspecified atom stereocenters. The fraction of sp³-hybridized carbons (Fsp3) is 0.625. The fourth-order valence-electron chi connectivity index (χ4n) is 3.27. The van der Waals surface area contributed by atoms with Gasteiger partial charge in [0.25, 0.3) is 0 Å². The molecule has 1 aromatic rings. The van der Waals surface area contributed by atoms with Crippen LogP contribution in [0.2, 0.25) is 0 Å². The maximum atomic E-state index is 12.0. The second-order valence-corrected chi connectivity index (χ2v) is 8.84. The maximum absolute atomic E-state index is 12.0. The van der Waals surface area contributed by atoms with E-state index in [-0.39, 0.29) is 29.6 Å². The number of carbonyl (C=O) groups excluding carboxylic acids is 1. The topological polar surface area (TPSA) is 100 Å². The van der Waals surface area contributed by atoms with Gasteiger partial charge in [-0.1, -0.05) is 19.3 Å². The van der Waals surface area contributed by atoms with E-state index in [2.05, 4.69) is 20.9 Å². The third-order valence-corrected chi connectivity index (χ3v) is 6.31. The molecule has 1 saturated heterocycles. The van der Waals surface area contributed by atoms with Gasteiger partial charge in [-0.3, -0.25) is 0 Å². The first-order valence-electron chi connectivity index (χ1n) is 8.51. The van der Waals surface area contributed by atoms with Gasteiger partial charge in [-0.05, 0) is 31.4 Å². The maximum Gasteiger partial charge on any atom is 0.319 e. The van der Waals surface area contributed by atoms with E-state index in [0.29, 0.717) is 17.9 Å². The van der Waals surface area contributed by atoms with Crippen LogP contribution < -0.4 is 16.0 Å². The number of nitrogens with one attached hydrogen (secondary N) is 3. The van der Waals surface area contributed by atoms with Crippen LogP contribution in [-0.4, -0.2) is 43.0 Å². The highest BCUT2D eigenvalue weighted by Crippen LogP contribution is 2.19. The van der Waals surface area contributed by atoms with E-state index in [1.807, 2.05) is 0 Å². The largest absolute Gasteiger partial charge is 0.366 e. The van der Waals surface area contributed by atoms with Crippen LogP contribution in [0.4, 0.5) is 16.3 Å². The molecule has 2 heterocycles. The van der Waals surface area contributed by atoms with Crippen molar-refractivity contribution in [1.29, 1.82) is 0 Å². The van der Waals surface area contributed by atoms with Gasteiger partial charge in [-0.2, -0.15) is 0 Å². The van der Waals surface area contributed by atoms with Gasteiger partial charge in [-0.15, -0.1) is 0 Å². The SMILES string of the molecule is O=C(Nc1ccc(NC2CCS(=O)(=O)C2)nc1)NC1CCCCC1. The van der Waals surface area contributed by atoms with Crippen molar-refractivity contribution in [2.45, 2.75) is 50.6 Å². The summed E-state index contributed by atoms with van der Waals surface area (Å²) in [6.45, 7) is 0. The van der Waals surface area contributed by atoms with Crippen LogP contribution in [0.1, 0.15) is 38.5 Å². The molecule has 1 aromatic heterocycles. The summed E-state index contributed by atoms with van der Waals surface area (Å²) in [5, 5.41) is 8.90. The van der Waals surface area contributed by atoms with Gasteiger partial charge in [0.2, 0.25) is 0 Å². The number of hydrogen-bond donors (Lipinski definition) is 3. The highest BCUT2D eigenvalue weighted by Gasteiger charge is 2.27. The minimum atomic E-state index is -2.91. The standard InChI is InChI=1S/C16H24N4O3S/c21-16(19-12-4-2-1-3-5-12)20-13-6-7-15(17-10-13)18-14-8-9-24(22,23)11-14/h6-7,10,12,14H,1-5,8-9,11H2,(H,17,18)(H2,19,20,21). The molecule has 0 bridgehead atoms. The predicted molar refractivity (Wildman–Crippen MR) is 93.9 cm³/mol. The number of hydrogen-bond acceptors (Lipinski definition) is 5. The van der Waals surface area contributed by atoms with Gasteiger partial charge < -0.3 is 16.0 Å². The molecule has 0 aromatic carbocycles. The van der Waals surface area contributed by atoms with Gasteiger partial charge in [-0.25, -0.2) is 18.2 Å². The number of pyridine rings is 1. The van der Waals surface area contributed by atoms with Gasteiger partial charge in [0.1, 0.15) is 5.82 Å². The normalized spacial score (nSPS) is 23.6. The number of nitrogens with zero attached hydrogens (tertiary/aromatic N) is 1. The summed E-state index contributed by atoms with van der Waals surface area (Å²) in [5.41, 5.74) is 0.618. The summed E-state index contributed by atoms with van der Waals surface area (Å²) in [4.78, 5) is 16.2. The molecule has 1 atom stereocenters. The lowest BCUT2D eigenvalue weighted by atomic mass is 9.96. The molecule has 7 nitrogen and oxygen atoms in total. The second-order valence-electron chi connectivity index (χ2n) is 6.61. The summed E-state index contributed by atoms with van der Waals surface area (Å²) >= 11 is 0. The molecule has 8 heteroatoms. The van der Waals surface area contributed by atoms with Crippen LogP contribution in [0.25, 0.3) is 0 Å². The van der Waals surface area contributed by atoms with Crippen molar-refractivity contribution in [1.82, 2.24) is 10.3 Å². The molecule has 2 fully saturated rings. The van der Waals surface area contributed by atoms with Crippen molar-refractivity contribution in [3.63, 3.8) is 0 Å². The Morgan fingerprint density at radius 2 is 1.88 bits per heavy atom. The molecule has 2 amide bonds. The Kier molecular flexibility index (Phi) is 5.23. The molecular formula is C16H24N4O3S. The number of carbonyl (C=O) groups is 1. The van der Waals surface area contributed by atoms with E-state index in [1.165, 1.54) is 19.3 Å². The Labute approximate surface area is 142 Å². The average Bonchev–Trinajstić information content (AvgIpc) is 2.89. The summed E-state index contributed by atoms with van der Waals surface area (Å²) < 4.78 is 22.9. The molecule has 0 radical (unpaired) electrons. The average molecular weight is 352 g/mol. The number of anilines is 2. The first kappa shape index (κ1) is 17.0. The van der Waals surface area contributed by atoms with Crippen molar-refractivity contribution < 1.29 is 13.2 Å². The summed E-state index contributed by atoms with van der Waals surface area (Å²) in [6.07, 6.45) is 7.85. The van der Waals surface area contributed by atoms with Crippen LogP contribution in [0.3, 0.4) is 0 Å². The fourth-order valence-corrected chi connectivity index (χ4v) is 4.94. The number of urea groups is 1. The lowest BCUT2D eigenvalue weighted by Gasteiger charge is -2.22. The summed E-state index contributed by atoms with van der Waals surface area (Å²) in [6, 6.07) is 3.49. The molecule has 0 spiro atoms. The second kappa shape index (κ2) is 7.38. The lowest BCUT2D eigenvalue weighted by molar-refractivity contribution is 0.244. The van der Waals surface area contributed by atoms with E-state index in [1.54, 1.807) is 18.3 Å². The van der Waals surface area contributed by atoms with Gasteiger partial charge in [0.15, 0.2) is 9.84 Å². The van der Waals surface area contributed by atoms with Crippen LogP contribution >= 0.6 is 0 Å². The van der Waals surface area contributed by atoms with Crippen molar-refractivity contribution in [2.24, 2.45) is 0 Å². The Bertz CT molecular complexity index is 669. The van der Waals surface area contributed by atoms with Crippen molar-refractivity contribution >= 4 is 27.4 Å². The smallest absolute Gasteiger partial charge is 0.319 e. The van der Waals surface area contributed by atoms with Crippen molar-refractivity contribution in [3.05, 3.63) is 18.3 Å².